The summed E-state index contributed by atoms with van der Waals surface area (Å²) in [5, 5.41) is 15.5. The summed E-state index contributed by atoms with van der Waals surface area (Å²) in [5.74, 6) is -0.888. The Labute approximate surface area is 183 Å². The van der Waals surface area contributed by atoms with Gasteiger partial charge < -0.3 is 25.2 Å². The molecular weight excluding hydrogens is 416 g/mol. The number of benzene rings is 2. The predicted octanol–water partition coefficient (Wildman–Crippen LogP) is 2.44. The summed E-state index contributed by atoms with van der Waals surface area (Å²) in [6.07, 6.45) is 1.55. The maximum absolute atomic E-state index is 11.4. The van der Waals surface area contributed by atoms with Gasteiger partial charge in [-0.1, -0.05) is 12.1 Å². The number of esters is 1. The zero-order valence-corrected chi connectivity index (χ0v) is 17.7. The number of fused-ring (bicyclic) bond motifs is 1. The molecule has 2 aromatic carbocycles. The molecule has 10 nitrogen and oxygen atoms in total. The van der Waals surface area contributed by atoms with Crippen LogP contribution >= 0.6 is 0 Å². The van der Waals surface area contributed by atoms with E-state index in [0.29, 0.717) is 28.2 Å². The highest BCUT2D eigenvalue weighted by molar-refractivity contribution is 5.93. The van der Waals surface area contributed by atoms with Gasteiger partial charge in [-0.2, -0.15) is 0 Å². The van der Waals surface area contributed by atoms with Crippen LogP contribution in [0.5, 0.6) is 11.5 Å². The van der Waals surface area contributed by atoms with E-state index in [2.05, 4.69) is 20.6 Å². The number of carboxylic acids is 1. The second-order valence-corrected chi connectivity index (χ2v) is 6.95. The molecule has 0 fully saturated rings. The summed E-state index contributed by atoms with van der Waals surface area (Å²) >= 11 is 0. The highest BCUT2D eigenvalue weighted by Gasteiger charge is 2.19. The van der Waals surface area contributed by atoms with Gasteiger partial charge in [-0.15, -0.1) is 0 Å². The molecule has 0 spiro atoms. The van der Waals surface area contributed by atoms with Crippen LogP contribution in [0.2, 0.25) is 0 Å². The van der Waals surface area contributed by atoms with Crippen LogP contribution in [-0.4, -0.2) is 46.1 Å². The van der Waals surface area contributed by atoms with E-state index in [9.17, 15) is 19.5 Å². The van der Waals surface area contributed by atoms with Crippen molar-refractivity contribution in [1.82, 2.24) is 15.3 Å². The summed E-state index contributed by atoms with van der Waals surface area (Å²) in [6, 6.07) is 9.33. The lowest BCUT2D eigenvalue weighted by Gasteiger charge is -2.14. The van der Waals surface area contributed by atoms with Gasteiger partial charge in [0.25, 0.3) is 0 Å². The Kier molecular flexibility index (Phi) is 6.83. The minimum absolute atomic E-state index is 0.150. The molecule has 10 heteroatoms. The first-order valence-electron chi connectivity index (χ1n) is 9.64. The normalized spacial score (nSPS) is 11.5. The molecule has 0 bridgehead atoms. The number of aliphatic carboxylic acids is 1. The summed E-state index contributed by atoms with van der Waals surface area (Å²) in [4.78, 5) is 42.5. The van der Waals surface area contributed by atoms with E-state index in [1.165, 1.54) is 27.3 Å². The van der Waals surface area contributed by atoms with Gasteiger partial charge in [-0.25, -0.2) is 14.8 Å². The Hall–Kier alpha value is -4.21. The number of hydrogen-bond acceptors (Lipinski definition) is 8. The minimum atomic E-state index is -1.10. The number of aromatic nitrogens is 2. The number of amides is 1. The van der Waals surface area contributed by atoms with Crippen LogP contribution in [0.1, 0.15) is 19.4 Å². The SMILES string of the molecule is COc1cc2ncnc(Nc3ccc(CC(NC(C)=O)C(=O)O)cc3)c2cc1OC(C)=O. The zero-order chi connectivity index (χ0) is 23.3. The third kappa shape index (κ3) is 5.48. The Morgan fingerprint density at radius 1 is 1.06 bits per heavy atom. The summed E-state index contributed by atoms with van der Waals surface area (Å²) in [5.41, 5.74) is 2.03. The minimum Gasteiger partial charge on any atom is -0.493 e. The van der Waals surface area contributed by atoms with Crippen molar-refractivity contribution >= 4 is 40.3 Å². The average Bonchev–Trinajstić information content (AvgIpc) is 2.73. The van der Waals surface area contributed by atoms with Crippen LogP contribution < -0.4 is 20.1 Å². The number of anilines is 2. The lowest BCUT2D eigenvalue weighted by molar-refractivity contribution is -0.141. The smallest absolute Gasteiger partial charge is 0.326 e. The van der Waals surface area contributed by atoms with Gasteiger partial charge in [0.2, 0.25) is 5.91 Å². The fourth-order valence-corrected chi connectivity index (χ4v) is 3.10. The fraction of sp³-hybridized carbons (Fsp3) is 0.227. The van der Waals surface area contributed by atoms with Crippen molar-refractivity contribution < 1.29 is 29.0 Å². The van der Waals surface area contributed by atoms with Gasteiger partial charge in [0, 0.05) is 37.4 Å². The number of rotatable bonds is 8. The molecule has 1 amide bonds. The quantitative estimate of drug-likeness (QED) is 0.357. The number of nitrogens with one attached hydrogen (secondary N) is 2. The lowest BCUT2D eigenvalue weighted by Crippen LogP contribution is -2.41. The van der Waals surface area contributed by atoms with Crippen LogP contribution in [-0.2, 0) is 20.8 Å². The summed E-state index contributed by atoms with van der Waals surface area (Å²) in [6.45, 7) is 2.57. The van der Waals surface area contributed by atoms with Gasteiger partial charge in [0.1, 0.15) is 18.2 Å². The molecule has 3 aromatic rings. The standard InChI is InChI=1S/C22H22N4O6/c1-12(27)25-18(22(29)30)8-14-4-6-15(7-5-14)26-21-16-9-20(32-13(2)28)19(31-3)10-17(16)23-11-24-21/h4-7,9-11,18H,8H2,1-3H3,(H,25,27)(H,29,30)(H,23,24,26). The van der Waals surface area contributed by atoms with E-state index < -0.39 is 23.9 Å². The van der Waals surface area contributed by atoms with Gasteiger partial charge in [0.05, 0.1) is 12.6 Å². The van der Waals surface area contributed by atoms with Crippen molar-refractivity contribution in [2.45, 2.75) is 26.3 Å². The molecule has 1 heterocycles. The average molecular weight is 438 g/mol. The van der Waals surface area contributed by atoms with Gasteiger partial charge in [0.15, 0.2) is 11.5 Å². The van der Waals surface area contributed by atoms with E-state index in [1.54, 1.807) is 36.4 Å². The highest BCUT2D eigenvalue weighted by Crippen LogP contribution is 2.34. The van der Waals surface area contributed by atoms with Crippen molar-refractivity contribution in [3.8, 4) is 11.5 Å². The lowest BCUT2D eigenvalue weighted by atomic mass is 10.1. The van der Waals surface area contributed by atoms with Crippen LogP contribution in [0.4, 0.5) is 11.5 Å². The molecule has 0 radical (unpaired) electrons. The number of ether oxygens (including phenoxy) is 2. The Morgan fingerprint density at radius 2 is 1.78 bits per heavy atom. The number of carboxylic acid groups (broad SMARTS) is 1. The van der Waals surface area contributed by atoms with E-state index >= 15 is 0 Å². The topological polar surface area (TPSA) is 140 Å². The second-order valence-electron chi connectivity index (χ2n) is 6.95. The number of carbonyl (C=O) groups excluding carboxylic acids is 2. The first-order valence-corrected chi connectivity index (χ1v) is 9.64. The summed E-state index contributed by atoms with van der Waals surface area (Å²) < 4.78 is 10.5. The third-order valence-corrected chi connectivity index (χ3v) is 4.51. The van der Waals surface area contributed by atoms with E-state index in [4.69, 9.17) is 9.47 Å². The van der Waals surface area contributed by atoms with Gasteiger partial charge in [-0.3, -0.25) is 9.59 Å². The van der Waals surface area contributed by atoms with Crippen molar-refractivity contribution in [1.29, 1.82) is 0 Å². The number of carbonyl (C=O) groups is 3. The van der Waals surface area contributed by atoms with Crippen molar-refractivity contribution in [2.75, 3.05) is 12.4 Å². The fourth-order valence-electron chi connectivity index (χ4n) is 3.10. The molecule has 166 valence electrons. The number of nitrogens with zero attached hydrogens (tertiary/aromatic N) is 2. The van der Waals surface area contributed by atoms with Crippen molar-refractivity contribution in [3.63, 3.8) is 0 Å². The maximum atomic E-state index is 11.4. The Balaban J connectivity index is 1.85. The Morgan fingerprint density at radius 3 is 2.38 bits per heavy atom. The Bertz CT molecular complexity index is 1160. The van der Waals surface area contributed by atoms with Crippen molar-refractivity contribution in [2.24, 2.45) is 0 Å². The van der Waals surface area contributed by atoms with Crippen LogP contribution in [0, 0.1) is 0 Å². The maximum Gasteiger partial charge on any atom is 0.326 e. The molecule has 1 atom stereocenters. The monoisotopic (exact) mass is 438 g/mol. The van der Waals surface area contributed by atoms with Gasteiger partial charge >= 0.3 is 11.9 Å². The van der Waals surface area contributed by atoms with Crippen LogP contribution in [0.3, 0.4) is 0 Å². The van der Waals surface area contributed by atoms with E-state index in [1.807, 2.05) is 0 Å². The first kappa shape index (κ1) is 22.5. The van der Waals surface area contributed by atoms with Crippen LogP contribution in [0.15, 0.2) is 42.7 Å². The molecule has 0 aliphatic heterocycles. The molecule has 1 unspecified atom stereocenters. The molecule has 0 saturated heterocycles. The molecule has 1 aromatic heterocycles. The zero-order valence-electron chi connectivity index (χ0n) is 17.7. The molecule has 0 aliphatic rings. The molecular formula is C22H22N4O6. The third-order valence-electron chi connectivity index (χ3n) is 4.51. The van der Waals surface area contributed by atoms with E-state index in [-0.39, 0.29) is 12.2 Å². The first-order chi connectivity index (χ1) is 15.3. The number of hydrogen-bond donors (Lipinski definition) is 3. The van der Waals surface area contributed by atoms with Crippen LogP contribution in [0.25, 0.3) is 10.9 Å². The number of methoxy groups -OCH3 is 1. The highest BCUT2D eigenvalue weighted by atomic mass is 16.6. The molecule has 32 heavy (non-hydrogen) atoms. The van der Waals surface area contributed by atoms with Crippen molar-refractivity contribution in [3.05, 3.63) is 48.3 Å². The van der Waals surface area contributed by atoms with Gasteiger partial charge in [-0.05, 0) is 23.8 Å². The summed E-state index contributed by atoms with van der Waals surface area (Å²) in [7, 11) is 1.47. The predicted molar refractivity (Wildman–Crippen MR) is 116 cm³/mol. The molecule has 3 rings (SSSR count). The molecule has 0 aliphatic carbocycles. The second kappa shape index (κ2) is 9.73. The molecule has 0 saturated carbocycles. The van der Waals surface area contributed by atoms with E-state index in [0.717, 1.165) is 5.56 Å². The largest absolute Gasteiger partial charge is 0.493 e. The molecule has 3 N–H and O–H groups in total.